The molecule has 1 fully saturated rings. The molecule has 6 heteroatoms. The number of hydrogen-bond acceptors (Lipinski definition) is 4. The van der Waals surface area contributed by atoms with Crippen molar-refractivity contribution in [3.8, 4) is 0 Å². The van der Waals surface area contributed by atoms with E-state index in [1.54, 1.807) is 0 Å². The predicted molar refractivity (Wildman–Crippen MR) is 64.3 cm³/mol. The average molecular weight is 250 g/mol. The summed E-state index contributed by atoms with van der Waals surface area (Å²) in [4.78, 5) is 11.0. The van der Waals surface area contributed by atoms with E-state index < -0.39 is 5.97 Å². The molecule has 0 amide bonds. The molecular weight excluding hydrogens is 232 g/mol. The van der Waals surface area contributed by atoms with Crippen LogP contribution in [0.1, 0.15) is 36.8 Å². The van der Waals surface area contributed by atoms with Gasteiger partial charge in [-0.15, -0.1) is 10.2 Å². The summed E-state index contributed by atoms with van der Waals surface area (Å²) in [7, 11) is 0. The van der Waals surface area contributed by atoms with Gasteiger partial charge < -0.3 is 15.0 Å². The zero-order valence-corrected chi connectivity index (χ0v) is 10.3. The van der Waals surface area contributed by atoms with Crippen molar-refractivity contribution in [2.75, 3.05) is 13.1 Å². The van der Waals surface area contributed by atoms with Gasteiger partial charge in [-0.3, -0.25) is 4.79 Å². The molecule has 2 aliphatic heterocycles. The smallest absolute Gasteiger partial charge is 0.307 e. The summed E-state index contributed by atoms with van der Waals surface area (Å²) in [6.45, 7) is 2.78. The number of rotatable bonds is 2. The van der Waals surface area contributed by atoms with E-state index in [4.69, 9.17) is 5.11 Å². The van der Waals surface area contributed by atoms with Gasteiger partial charge in [0.25, 0.3) is 0 Å². The Morgan fingerprint density at radius 1 is 1.39 bits per heavy atom. The van der Waals surface area contributed by atoms with E-state index in [0.717, 1.165) is 37.7 Å². The third kappa shape index (κ3) is 2.01. The molecule has 2 unspecified atom stereocenters. The van der Waals surface area contributed by atoms with Crippen molar-refractivity contribution in [3.05, 3.63) is 11.6 Å². The first kappa shape index (κ1) is 11.6. The van der Waals surface area contributed by atoms with Crippen LogP contribution in [0, 0.1) is 5.92 Å². The van der Waals surface area contributed by atoms with Gasteiger partial charge in [0.1, 0.15) is 11.6 Å². The van der Waals surface area contributed by atoms with Gasteiger partial charge in [0, 0.05) is 25.4 Å². The van der Waals surface area contributed by atoms with Gasteiger partial charge in [0.2, 0.25) is 0 Å². The predicted octanol–water partition coefficient (Wildman–Crippen LogP) is 0.392. The summed E-state index contributed by atoms with van der Waals surface area (Å²) in [6.07, 6.45) is 3.52. The van der Waals surface area contributed by atoms with Gasteiger partial charge in [-0.05, 0) is 25.8 Å². The Kier molecular flexibility index (Phi) is 3.03. The lowest BCUT2D eigenvalue weighted by molar-refractivity contribution is -0.142. The second-order valence-corrected chi connectivity index (χ2v) is 5.20. The molecule has 6 nitrogen and oxygen atoms in total. The summed E-state index contributed by atoms with van der Waals surface area (Å²) < 4.78 is 2.14. The van der Waals surface area contributed by atoms with Crippen LogP contribution >= 0.6 is 0 Å². The lowest BCUT2D eigenvalue weighted by atomic mass is 9.95. The van der Waals surface area contributed by atoms with Crippen LogP contribution in [0.4, 0.5) is 0 Å². The van der Waals surface area contributed by atoms with Gasteiger partial charge in [0.15, 0.2) is 0 Å². The van der Waals surface area contributed by atoms with Crippen molar-refractivity contribution in [1.82, 2.24) is 20.1 Å². The molecule has 18 heavy (non-hydrogen) atoms. The van der Waals surface area contributed by atoms with Crippen LogP contribution in [0.5, 0.6) is 0 Å². The topological polar surface area (TPSA) is 80.0 Å². The molecule has 0 saturated carbocycles. The van der Waals surface area contributed by atoms with Crippen LogP contribution in [0.2, 0.25) is 0 Å². The number of hydrogen-bond donors (Lipinski definition) is 2. The van der Waals surface area contributed by atoms with Crippen molar-refractivity contribution in [2.45, 2.75) is 38.1 Å². The molecule has 0 radical (unpaired) electrons. The highest BCUT2D eigenvalue weighted by atomic mass is 16.4. The van der Waals surface area contributed by atoms with E-state index in [0.29, 0.717) is 18.8 Å². The quantitative estimate of drug-likeness (QED) is 0.793. The van der Waals surface area contributed by atoms with E-state index in [-0.39, 0.29) is 5.92 Å². The number of aliphatic carboxylic acids is 1. The van der Waals surface area contributed by atoms with Crippen molar-refractivity contribution >= 4 is 5.97 Å². The number of piperidine rings is 1. The SMILES string of the molecule is O=C(O)C1CCn2c(nnc2C2CCCNC2)C1. The van der Waals surface area contributed by atoms with E-state index in [2.05, 4.69) is 20.1 Å². The van der Waals surface area contributed by atoms with Gasteiger partial charge in [-0.25, -0.2) is 0 Å². The molecule has 1 aromatic heterocycles. The number of carboxylic acid groups (broad SMARTS) is 1. The molecule has 0 bridgehead atoms. The van der Waals surface area contributed by atoms with Crippen molar-refractivity contribution < 1.29 is 9.90 Å². The summed E-state index contributed by atoms with van der Waals surface area (Å²) >= 11 is 0. The Bertz CT molecular complexity index is 451. The maximum atomic E-state index is 11.0. The molecule has 1 saturated heterocycles. The number of nitrogens with one attached hydrogen (secondary N) is 1. The van der Waals surface area contributed by atoms with Crippen LogP contribution < -0.4 is 5.32 Å². The lowest BCUT2D eigenvalue weighted by Gasteiger charge is -2.25. The molecule has 2 N–H and O–H groups in total. The molecule has 0 aromatic carbocycles. The minimum absolute atomic E-state index is 0.293. The molecule has 0 spiro atoms. The van der Waals surface area contributed by atoms with Gasteiger partial charge in [-0.1, -0.05) is 0 Å². The largest absolute Gasteiger partial charge is 0.481 e. The van der Waals surface area contributed by atoms with Gasteiger partial charge in [0.05, 0.1) is 5.92 Å². The molecule has 2 atom stereocenters. The molecule has 1 aromatic rings. The molecule has 2 aliphatic rings. The van der Waals surface area contributed by atoms with E-state index in [9.17, 15) is 4.79 Å². The number of fused-ring (bicyclic) bond motifs is 1. The second kappa shape index (κ2) is 4.68. The second-order valence-electron chi connectivity index (χ2n) is 5.20. The van der Waals surface area contributed by atoms with Crippen molar-refractivity contribution in [3.63, 3.8) is 0 Å². The Balaban J connectivity index is 1.81. The first-order chi connectivity index (χ1) is 8.75. The number of carbonyl (C=O) groups is 1. The Labute approximate surface area is 105 Å². The van der Waals surface area contributed by atoms with Crippen LogP contribution in [0.15, 0.2) is 0 Å². The van der Waals surface area contributed by atoms with E-state index in [1.807, 2.05) is 0 Å². The summed E-state index contributed by atoms with van der Waals surface area (Å²) in [5.41, 5.74) is 0. The van der Waals surface area contributed by atoms with Gasteiger partial charge in [-0.2, -0.15) is 0 Å². The maximum absolute atomic E-state index is 11.0. The van der Waals surface area contributed by atoms with E-state index >= 15 is 0 Å². The minimum atomic E-state index is -0.717. The summed E-state index contributed by atoms with van der Waals surface area (Å²) in [6, 6.07) is 0. The van der Waals surface area contributed by atoms with Gasteiger partial charge >= 0.3 is 5.97 Å². The zero-order chi connectivity index (χ0) is 12.5. The first-order valence-electron chi connectivity index (χ1n) is 6.61. The number of nitrogens with zero attached hydrogens (tertiary/aromatic N) is 3. The highest BCUT2D eigenvalue weighted by Crippen LogP contribution is 2.27. The standard InChI is InChI=1S/C12H18N4O2/c17-12(18)8-3-5-16-10(6-8)14-15-11(16)9-2-1-4-13-7-9/h8-9,13H,1-7H2,(H,17,18). The zero-order valence-electron chi connectivity index (χ0n) is 10.3. The molecule has 3 heterocycles. The third-order valence-electron chi connectivity index (χ3n) is 4.00. The molecule has 98 valence electrons. The highest BCUT2D eigenvalue weighted by Gasteiger charge is 2.30. The fraction of sp³-hybridized carbons (Fsp3) is 0.750. The van der Waals surface area contributed by atoms with Crippen LogP contribution in [-0.4, -0.2) is 38.9 Å². The maximum Gasteiger partial charge on any atom is 0.307 e. The highest BCUT2D eigenvalue weighted by molar-refractivity contribution is 5.70. The van der Waals surface area contributed by atoms with E-state index in [1.165, 1.54) is 6.42 Å². The lowest BCUT2D eigenvalue weighted by Crippen LogP contribution is -2.32. The van der Waals surface area contributed by atoms with Crippen LogP contribution in [-0.2, 0) is 17.8 Å². The Morgan fingerprint density at radius 2 is 2.28 bits per heavy atom. The first-order valence-corrected chi connectivity index (χ1v) is 6.61. The normalized spacial score (nSPS) is 27.8. The Morgan fingerprint density at radius 3 is 3.00 bits per heavy atom. The van der Waals surface area contributed by atoms with Crippen LogP contribution in [0.25, 0.3) is 0 Å². The Hall–Kier alpha value is -1.43. The minimum Gasteiger partial charge on any atom is -0.481 e. The monoisotopic (exact) mass is 250 g/mol. The van der Waals surface area contributed by atoms with Crippen molar-refractivity contribution in [2.24, 2.45) is 5.92 Å². The van der Waals surface area contributed by atoms with Crippen molar-refractivity contribution in [1.29, 1.82) is 0 Å². The third-order valence-corrected chi connectivity index (χ3v) is 4.00. The fourth-order valence-corrected chi connectivity index (χ4v) is 2.94. The molecule has 0 aliphatic carbocycles. The average Bonchev–Trinajstić information content (AvgIpc) is 2.82. The number of carboxylic acids is 1. The van der Waals surface area contributed by atoms with Crippen LogP contribution in [0.3, 0.4) is 0 Å². The number of aromatic nitrogens is 3. The summed E-state index contributed by atoms with van der Waals surface area (Å²) in [5.74, 6) is 1.31. The fourth-order valence-electron chi connectivity index (χ4n) is 2.94. The molecular formula is C12H18N4O2. The molecule has 3 rings (SSSR count). The summed E-state index contributed by atoms with van der Waals surface area (Å²) in [5, 5.41) is 20.9.